The lowest BCUT2D eigenvalue weighted by molar-refractivity contribution is 0.569. The molecule has 0 radical (unpaired) electrons. The predicted octanol–water partition coefficient (Wildman–Crippen LogP) is 7.71. The van der Waals surface area contributed by atoms with Gasteiger partial charge in [-0.25, -0.2) is 4.79 Å². The Morgan fingerprint density at radius 1 is 0.500 bits per heavy atom. The third-order valence-electron chi connectivity index (χ3n) is 6.64. The van der Waals surface area contributed by atoms with Crippen molar-refractivity contribution in [3.8, 4) is 16.8 Å². The van der Waals surface area contributed by atoms with Crippen molar-refractivity contribution in [3.63, 3.8) is 0 Å². The topological polar surface area (TPSA) is 35.1 Å². The Morgan fingerprint density at radius 2 is 1.21 bits per heavy atom. The van der Waals surface area contributed by atoms with Crippen molar-refractivity contribution < 1.29 is 4.42 Å². The van der Waals surface area contributed by atoms with Gasteiger partial charge >= 0.3 is 5.63 Å². The van der Waals surface area contributed by atoms with Gasteiger partial charge in [0.25, 0.3) is 0 Å². The van der Waals surface area contributed by atoms with Gasteiger partial charge in [0.2, 0.25) is 0 Å². The first kappa shape index (κ1) is 18.9. The first-order valence-corrected chi connectivity index (χ1v) is 11.3. The van der Waals surface area contributed by atoms with Crippen molar-refractivity contribution in [3.05, 3.63) is 126 Å². The summed E-state index contributed by atoms with van der Waals surface area (Å²) < 4.78 is 7.91. The third-order valence-corrected chi connectivity index (χ3v) is 6.64. The normalized spacial score (nSPS) is 11.6. The highest BCUT2D eigenvalue weighted by molar-refractivity contribution is 6.11. The largest absolute Gasteiger partial charge is 0.422 e. The van der Waals surface area contributed by atoms with Crippen LogP contribution >= 0.6 is 0 Å². The van der Waals surface area contributed by atoms with E-state index in [0.717, 1.165) is 27.5 Å². The molecule has 0 unspecified atom stereocenters. The van der Waals surface area contributed by atoms with Gasteiger partial charge in [-0.1, -0.05) is 72.8 Å². The molecule has 0 spiro atoms. The molecule has 3 heteroatoms. The molecule has 0 bridgehead atoms. The molecule has 0 saturated carbocycles. The smallest absolute Gasteiger partial charge is 0.344 e. The fourth-order valence-corrected chi connectivity index (χ4v) is 5.07. The monoisotopic (exact) mass is 437 g/mol. The van der Waals surface area contributed by atoms with Gasteiger partial charge in [0.05, 0.1) is 16.4 Å². The van der Waals surface area contributed by atoms with Gasteiger partial charge < -0.3 is 8.98 Å². The van der Waals surface area contributed by atoms with E-state index in [0.29, 0.717) is 11.0 Å². The van der Waals surface area contributed by atoms with Crippen LogP contribution in [0.2, 0.25) is 0 Å². The van der Waals surface area contributed by atoms with Gasteiger partial charge in [-0.15, -0.1) is 0 Å². The highest BCUT2D eigenvalue weighted by Gasteiger charge is 2.15. The number of benzene rings is 5. The van der Waals surface area contributed by atoms with Crippen LogP contribution in [-0.2, 0) is 0 Å². The molecule has 3 nitrogen and oxygen atoms in total. The number of hydrogen-bond acceptors (Lipinski definition) is 2. The Kier molecular flexibility index (Phi) is 4.00. The van der Waals surface area contributed by atoms with Crippen LogP contribution in [-0.4, -0.2) is 4.57 Å². The molecule has 0 aliphatic rings. The minimum absolute atomic E-state index is 0.304. The second-order valence-corrected chi connectivity index (χ2v) is 8.57. The van der Waals surface area contributed by atoms with Crippen molar-refractivity contribution >= 4 is 43.5 Å². The highest BCUT2D eigenvalue weighted by atomic mass is 16.4. The molecule has 0 saturated heterocycles. The zero-order valence-electron chi connectivity index (χ0n) is 18.2. The van der Waals surface area contributed by atoms with Gasteiger partial charge in [-0.3, -0.25) is 0 Å². The van der Waals surface area contributed by atoms with Crippen molar-refractivity contribution in [2.24, 2.45) is 0 Å². The third kappa shape index (κ3) is 2.74. The molecule has 2 heterocycles. The Labute approximate surface area is 195 Å². The molecule has 0 amide bonds. The molecule has 7 aromatic rings. The van der Waals surface area contributed by atoms with Crippen LogP contribution in [0.4, 0.5) is 0 Å². The average Bonchev–Trinajstić information content (AvgIpc) is 3.23. The van der Waals surface area contributed by atoms with Crippen LogP contribution in [0.25, 0.3) is 60.4 Å². The summed E-state index contributed by atoms with van der Waals surface area (Å²) >= 11 is 0. The molecule has 34 heavy (non-hydrogen) atoms. The van der Waals surface area contributed by atoms with E-state index in [4.69, 9.17) is 4.42 Å². The van der Waals surface area contributed by atoms with Crippen LogP contribution in [0.15, 0.2) is 124 Å². The predicted molar refractivity (Wildman–Crippen MR) is 140 cm³/mol. The van der Waals surface area contributed by atoms with E-state index in [-0.39, 0.29) is 5.63 Å². The molecular weight excluding hydrogens is 418 g/mol. The molecule has 160 valence electrons. The van der Waals surface area contributed by atoms with Gasteiger partial charge in [-0.05, 0) is 59.0 Å². The molecule has 2 aromatic heterocycles. The molecule has 7 rings (SSSR count). The van der Waals surface area contributed by atoms with Gasteiger partial charge in [0, 0.05) is 21.8 Å². The lowest BCUT2D eigenvalue weighted by atomic mass is 10.0. The Balaban J connectivity index is 1.55. The van der Waals surface area contributed by atoms with E-state index < -0.39 is 0 Å². The first-order chi connectivity index (χ1) is 16.8. The van der Waals surface area contributed by atoms with Gasteiger partial charge in [0.15, 0.2) is 0 Å². The Hall–Kier alpha value is -4.63. The second-order valence-electron chi connectivity index (χ2n) is 8.57. The van der Waals surface area contributed by atoms with Gasteiger partial charge in [0.1, 0.15) is 5.58 Å². The molecule has 0 atom stereocenters. The number of hydrogen-bond donors (Lipinski definition) is 0. The van der Waals surface area contributed by atoms with E-state index in [2.05, 4.69) is 77.4 Å². The van der Waals surface area contributed by atoms with Crippen molar-refractivity contribution in [2.45, 2.75) is 0 Å². The quantitative estimate of drug-likeness (QED) is 0.205. The maximum atomic E-state index is 12.4. The maximum Gasteiger partial charge on any atom is 0.344 e. The molecule has 5 aromatic carbocycles. The van der Waals surface area contributed by atoms with E-state index in [9.17, 15) is 4.79 Å². The Bertz CT molecular complexity index is 1930. The van der Waals surface area contributed by atoms with Crippen LogP contribution in [0.1, 0.15) is 0 Å². The highest BCUT2D eigenvalue weighted by Crippen LogP contribution is 2.36. The summed E-state index contributed by atoms with van der Waals surface area (Å²) in [5.41, 5.74) is 6.01. The molecule has 0 aliphatic heterocycles. The van der Waals surface area contributed by atoms with Crippen molar-refractivity contribution in [1.82, 2.24) is 4.57 Å². The lowest BCUT2D eigenvalue weighted by Gasteiger charge is -2.10. The first-order valence-electron chi connectivity index (χ1n) is 11.3. The number of rotatable bonds is 2. The Morgan fingerprint density at radius 3 is 2.06 bits per heavy atom. The standard InChI is InChI=1S/C31H19NO2/c33-31-25-12-5-4-10-23(25)27-19-22(15-17-30(27)34-31)32-28-13-7-6-11-24(28)26-18-21(14-16-29(26)32)20-8-2-1-3-9-20/h1-19H. The lowest BCUT2D eigenvalue weighted by Crippen LogP contribution is -2.00. The number of para-hydroxylation sites is 1. The molecule has 0 N–H and O–H groups in total. The van der Waals surface area contributed by atoms with Crippen LogP contribution in [0, 0.1) is 0 Å². The minimum Gasteiger partial charge on any atom is -0.422 e. The van der Waals surface area contributed by atoms with E-state index >= 15 is 0 Å². The fourth-order valence-electron chi connectivity index (χ4n) is 5.07. The second kappa shape index (κ2) is 7.19. The summed E-state index contributed by atoms with van der Waals surface area (Å²) in [6, 6.07) is 39.3. The van der Waals surface area contributed by atoms with Crippen LogP contribution < -0.4 is 5.63 Å². The number of fused-ring (bicyclic) bond motifs is 6. The van der Waals surface area contributed by atoms with Crippen LogP contribution in [0.5, 0.6) is 0 Å². The summed E-state index contributed by atoms with van der Waals surface area (Å²) in [5, 5.41) is 4.85. The summed E-state index contributed by atoms with van der Waals surface area (Å²) in [7, 11) is 0. The zero-order valence-corrected chi connectivity index (χ0v) is 18.2. The van der Waals surface area contributed by atoms with E-state index in [1.54, 1.807) is 0 Å². The van der Waals surface area contributed by atoms with Crippen LogP contribution in [0.3, 0.4) is 0 Å². The summed E-state index contributed by atoms with van der Waals surface area (Å²) in [6.45, 7) is 0. The number of aromatic nitrogens is 1. The summed E-state index contributed by atoms with van der Waals surface area (Å²) in [6.07, 6.45) is 0. The van der Waals surface area contributed by atoms with E-state index in [1.807, 2.05) is 42.5 Å². The molecular formula is C31H19NO2. The average molecular weight is 437 g/mol. The van der Waals surface area contributed by atoms with E-state index in [1.165, 1.54) is 21.9 Å². The summed E-state index contributed by atoms with van der Waals surface area (Å²) in [4.78, 5) is 12.4. The molecule has 0 fully saturated rings. The van der Waals surface area contributed by atoms with Gasteiger partial charge in [-0.2, -0.15) is 0 Å². The van der Waals surface area contributed by atoms with Crippen molar-refractivity contribution in [1.29, 1.82) is 0 Å². The fraction of sp³-hybridized carbons (Fsp3) is 0. The number of nitrogens with zero attached hydrogens (tertiary/aromatic N) is 1. The SMILES string of the molecule is O=c1oc2ccc(-n3c4ccccc4c4cc(-c5ccccc5)ccc43)cc2c2ccccc12. The minimum atomic E-state index is -0.304. The molecule has 0 aliphatic carbocycles. The summed E-state index contributed by atoms with van der Waals surface area (Å²) in [5.74, 6) is 0. The maximum absolute atomic E-state index is 12.4. The zero-order chi connectivity index (χ0) is 22.6. The van der Waals surface area contributed by atoms with Crippen molar-refractivity contribution in [2.75, 3.05) is 0 Å².